The maximum atomic E-state index is 12.1. The monoisotopic (exact) mass is 316 g/mol. The topological polar surface area (TPSA) is 101 Å². The predicted octanol–water partition coefficient (Wildman–Crippen LogP) is 0.878. The molecule has 23 heavy (non-hydrogen) atoms. The summed E-state index contributed by atoms with van der Waals surface area (Å²) in [5, 5.41) is 13.5. The first-order chi connectivity index (χ1) is 11.2. The number of carbonyl (C=O) groups is 1. The van der Waals surface area contributed by atoms with Crippen molar-refractivity contribution in [3.63, 3.8) is 0 Å². The van der Waals surface area contributed by atoms with Crippen LogP contribution >= 0.6 is 0 Å². The molecule has 0 radical (unpaired) electrons. The number of hydrogen-bond donors (Lipinski definition) is 2. The fourth-order valence-electron chi connectivity index (χ4n) is 2.61. The summed E-state index contributed by atoms with van der Waals surface area (Å²) in [6.07, 6.45) is 8.70. The van der Waals surface area contributed by atoms with E-state index < -0.39 is 0 Å². The number of carbonyl (C=O) groups excluding carboxylic acids is 1. The number of nitrogens with one attached hydrogen (secondary N) is 2. The molecule has 9 heteroatoms. The van der Waals surface area contributed by atoms with Crippen molar-refractivity contribution in [3.05, 3.63) is 24.8 Å². The van der Waals surface area contributed by atoms with Gasteiger partial charge in [0.1, 0.15) is 5.82 Å². The SMILES string of the molecule is CCn1cc(NC(=O)N[C@H]2CCCN(c3cnccn3)C2)nn1. The van der Waals surface area contributed by atoms with Crippen LogP contribution in [0.5, 0.6) is 0 Å². The van der Waals surface area contributed by atoms with Gasteiger partial charge in [-0.1, -0.05) is 5.21 Å². The Hall–Kier alpha value is -2.71. The van der Waals surface area contributed by atoms with E-state index in [2.05, 4.69) is 35.8 Å². The van der Waals surface area contributed by atoms with Gasteiger partial charge in [-0.3, -0.25) is 15.0 Å². The van der Waals surface area contributed by atoms with Crippen molar-refractivity contribution in [2.24, 2.45) is 0 Å². The number of urea groups is 1. The molecule has 0 saturated carbocycles. The molecule has 3 rings (SSSR count). The molecule has 0 aliphatic carbocycles. The second kappa shape index (κ2) is 7.03. The van der Waals surface area contributed by atoms with E-state index in [1.807, 2.05) is 6.92 Å². The number of amides is 2. The van der Waals surface area contributed by atoms with Crippen molar-refractivity contribution in [1.29, 1.82) is 0 Å². The Balaban J connectivity index is 1.54. The zero-order valence-electron chi connectivity index (χ0n) is 13.0. The van der Waals surface area contributed by atoms with Gasteiger partial charge in [0.2, 0.25) is 0 Å². The summed E-state index contributed by atoms with van der Waals surface area (Å²) in [6, 6.07) is -0.203. The van der Waals surface area contributed by atoms with Crippen molar-refractivity contribution >= 4 is 17.7 Å². The highest BCUT2D eigenvalue weighted by molar-refractivity contribution is 5.88. The first-order valence-corrected chi connectivity index (χ1v) is 7.73. The Morgan fingerprint density at radius 3 is 3.09 bits per heavy atom. The lowest BCUT2D eigenvalue weighted by atomic mass is 10.1. The average molecular weight is 316 g/mol. The molecule has 2 N–H and O–H groups in total. The number of nitrogens with zero attached hydrogens (tertiary/aromatic N) is 6. The Morgan fingerprint density at radius 2 is 2.35 bits per heavy atom. The number of aryl methyl sites for hydroxylation is 1. The second-order valence-corrected chi connectivity index (χ2v) is 5.41. The highest BCUT2D eigenvalue weighted by Gasteiger charge is 2.22. The lowest BCUT2D eigenvalue weighted by Gasteiger charge is -2.33. The summed E-state index contributed by atoms with van der Waals surface area (Å²) < 4.78 is 1.66. The van der Waals surface area contributed by atoms with Crippen LogP contribution in [0.1, 0.15) is 19.8 Å². The van der Waals surface area contributed by atoms with E-state index in [-0.39, 0.29) is 12.1 Å². The first-order valence-electron chi connectivity index (χ1n) is 7.73. The zero-order chi connectivity index (χ0) is 16.1. The van der Waals surface area contributed by atoms with E-state index >= 15 is 0 Å². The first kappa shape index (κ1) is 15.2. The van der Waals surface area contributed by atoms with Gasteiger partial charge in [-0.05, 0) is 19.8 Å². The highest BCUT2D eigenvalue weighted by atomic mass is 16.2. The van der Waals surface area contributed by atoms with Crippen LogP contribution in [0, 0.1) is 0 Å². The molecule has 0 bridgehead atoms. The standard InChI is InChI=1S/C14H20N8O/c1-2-22-10-12(19-20-22)18-14(23)17-11-4-3-7-21(9-11)13-8-15-5-6-16-13/h5-6,8,10-11H,2-4,7,9H2,1H3,(H2,17,18,23)/t11-/m0/s1. The van der Waals surface area contributed by atoms with Gasteiger partial charge in [-0.15, -0.1) is 5.10 Å². The van der Waals surface area contributed by atoms with Gasteiger partial charge in [0.05, 0.1) is 12.4 Å². The van der Waals surface area contributed by atoms with E-state index in [1.165, 1.54) is 0 Å². The lowest BCUT2D eigenvalue weighted by molar-refractivity contribution is 0.246. The summed E-state index contributed by atoms with van der Waals surface area (Å²) in [5.41, 5.74) is 0. The van der Waals surface area contributed by atoms with E-state index in [0.717, 1.165) is 25.2 Å². The van der Waals surface area contributed by atoms with Crippen molar-refractivity contribution in [2.45, 2.75) is 32.4 Å². The van der Waals surface area contributed by atoms with Gasteiger partial charge in [-0.25, -0.2) is 9.78 Å². The summed E-state index contributed by atoms with van der Waals surface area (Å²) in [6.45, 7) is 4.31. The molecule has 1 fully saturated rings. The van der Waals surface area contributed by atoms with Crippen molar-refractivity contribution in [3.8, 4) is 0 Å². The van der Waals surface area contributed by atoms with Crippen molar-refractivity contribution < 1.29 is 4.79 Å². The summed E-state index contributed by atoms with van der Waals surface area (Å²) in [4.78, 5) is 22.6. The molecule has 3 heterocycles. The van der Waals surface area contributed by atoms with Gasteiger partial charge in [0.15, 0.2) is 5.82 Å². The molecule has 1 atom stereocenters. The normalized spacial score (nSPS) is 17.8. The minimum atomic E-state index is -0.265. The molecule has 1 aliphatic heterocycles. The number of aromatic nitrogens is 5. The van der Waals surface area contributed by atoms with E-state index in [9.17, 15) is 4.79 Å². The molecule has 2 aromatic rings. The maximum Gasteiger partial charge on any atom is 0.320 e. The minimum Gasteiger partial charge on any atom is -0.353 e. The zero-order valence-corrected chi connectivity index (χ0v) is 13.0. The van der Waals surface area contributed by atoms with E-state index in [4.69, 9.17) is 0 Å². The number of hydrogen-bond acceptors (Lipinski definition) is 6. The van der Waals surface area contributed by atoms with Crippen molar-refractivity contribution in [2.75, 3.05) is 23.3 Å². The molecule has 1 aliphatic rings. The molecule has 2 amide bonds. The summed E-state index contributed by atoms with van der Waals surface area (Å²) >= 11 is 0. The molecular weight excluding hydrogens is 296 g/mol. The fourth-order valence-corrected chi connectivity index (χ4v) is 2.61. The molecule has 2 aromatic heterocycles. The Bertz CT molecular complexity index is 643. The molecule has 0 aromatic carbocycles. The second-order valence-electron chi connectivity index (χ2n) is 5.41. The third kappa shape index (κ3) is 3.93. The van der Waals surface area contributed by atoms with Gasteiger partial charge >= 0.3 is 6.03 Å². The third-order valence-electron chi connectivity index (χ3n) is 3.73. The summed E-state index contributed by atoms with van der Waals surface area (Å²) in [7, 11) is 0. The molecular formula is C14H20N8O. The Morgan fingerprint density at radius 1 is 1.43 bits per heavy atom. The maximum absolute atomic E-state index is 12.1. The van der Waals surface area contributed by atoms with Crippen LogP contribution in [0.4, 0.5) is 16.4 Å². The Labute approximate surface area is 134 Å². The fraction of sp³-hybridized carbons (Fsp3) is 0.500. The number of piperidine rings is 1. The van der Waals surface area contributed by atoms with Gasteiger partial charge in [-0.2, -0.15) is 0 Å². The van der Waals surface area contributed by atoms with Crippen LogP contribution in [0.2, 0.25) is 0 Å². The van der Waals surface area contributed by atoms with Crippen LogP contribution in [-0.2, 0) is 6.54 Å². The number of rotatable bonds is 4. The molecule has 9 nitrogen and oxygen atoms in total. The van der Waals surface area contributed by atoms with Gasteiger partial charge in [0.25, 0.3) is 0 Å². The smallest absolute Gasteiger partial charge is 0.320 e. The summed E-state index contributed by atoms with van der Waals surface area (Å²) in [5.74, 6) is 1.29. The molecule has 0 unspecified atom stereocenters. The van der Waals surface area contributed by atoms with Crippen LogP contribution in [-0.4, -0.2) is 50.1 Å². The van der Waals surface area contributed by atoms with Gasteiger partial charge < -0.3 is 10.2 Å². The quantitative estimate of drug-likeness (QED) is 0.868. The predicted molar refractivity (Wildman–Crippen MR) is 85.1 cm³/mol. The van der Waals surface area contributed by atoms with Crippen LogP contribution in [0.3, 0.4) is 0 Å². The molecule has 1 saturated heterocycles. The lowest BCUT2D eigenvalue weighted by Crippen LogP contribution is -2.49. The molecule has 0 spiro atoms. The van der Waals surface area contributed by atoms with E-state index in [1.54, 1.807) is 29.5 Å². The van der Waals surface area contributed by atoms with Gasteiger partial charge in [0, 0.05) is 38.1 Å². The van der Waals surface area contributed by atoms with Crippen LogP contribution in [0.15, 0.2) is 24.8 Å². The highest BCUT2D eigenvalue weighted by Crippen LogP contribution is 2.16. The average Bonchev–Trinajstić information content (AvgIpc) is 3.03. The minimum absolute atomic E-state index is 0.0620. The Kier molecular flexibility index (Phi) is 4.65. The molecule has 122 valence electrons. The largest absolute Gasteiger partial charge is 0.353 e. The number of anilines is 2. The van der Waals surface area contributed by atoms with Crippen LogP contribution < -0.4 is 15.5 Å². The third-order valence-corrected chi connectivity index (χ3v) is 3.73. The van der Waals surface area contributed by atoms with Crippen molar-refractivity contribution in [1.82, 2.24) is 30.3 Å². The van der Waals surface area contributed by atoms with Crippen LogP contribution in [0.25, 0.3) is 0 Å². The van der Waals surface area contributed by atoms with E-state index in [0.29, 0.717) is 18.9 Å².